The third kappa shape index (κ3) is 10.8. The van der Waals surface area contributed by atoms with Gasteiger partial charge in [-0.3, -0.25) is 19.2 Å². The number of likely N-dealkylation sites (N-methyl/N-ethyl adjacent to an activating group) is 1. The van der Waals surface area contributed by atoms with Crippen LogP contribution in [0.5, 0.6) is 0 Å². The van der Waals surface area contributed by atoms with Crippen LogP contribution in [0.4, 0.5) is 5.82 Å². The zero-order chi connectivity index (χ0) is 46.7. The van der Waals surface area contributed by atoms with E-state index in [-0.39, 0.29) is 56.2 Å². The van der Waals surface area contributed by atoms with E-state index in [1.165, 1.54) is 13.8 Å². The van der Waals surface area contributed by atoms with Gasteiger partial charge >= 0.3 is 5.97 Å². The van der Waals surface area contributed by atoms with Gasteiger partial charge in [0.15, 0.2) is 12.1 Å². The number of ether oxygens (including phenoxy) is 5. The fraction of sp³-hybridized carbons (Fsp3) is 0.638. The molecule has 5 heterocycles. The summed E-state index contributed by atoms with van der Waals surface area (Å²) in [6.07, 6.45) is -4.82. The molecule has 4 aliphatic rings. The van der Waals surface area contributed by atoms with E-state index in [0.717, 1.165) is 0 Å². The van der Waals surface area contributed by atoms with Gasteiger partial charge < -0.3 is 49.0 Å². The number of anilines is 1. The van der Waals surface area contributed by atoms with E-state index in [1.54, 1.807) is 76.4 Å². The summed E-state index contributed by atoms with van der Waals surface area (Å²) in [6.45, 7) is 13.3. The lowest BCUT2D eigenvalue weighted by molar-refractivity contribution is -0.296. The molecule has 3 N–H and O–H groups in total. The standard InChI is InChI=1S/C47H65N5O12/c1-11-35-47(8,58)41-27(4)37-25(2)22-46(7,40(28(5)38(53)29(6)44(57)62-35)63-45-39(54)33(52(9)10)20-26(3)61-45)60-24-32(23-59-41)51-64-34(43(56)50-37)21-30-15-17-31(18-16-30)42(55)49-36-14-12-13-19-48-36/h12-19,25-29,33-35,39-41,45,54,58H,11,20-24H2,1-10H3,(H,48,49,55)/b50-37?,51-32-/t25-,26-,27+,28+,29-,33+,34?,35-,39-,40-,41-,45+,46-,47-/m1/s1. The van der Waals surface area contributed by atoms with Crippen LogP contribution < -0.4 is 5.32 Å². The maximum absolute atomic E-state index is 14.5. The van der Waals surface area contributed by atoms with Gasteiger partial charge in [0, 0.05) is 41.8 Å². The van der Waals surface area contributed by atoms with Crippen molar-refractivity contribution in [1.29, 1.82) is 0 Å². The van der Waals surface area contributed by atoms with Crippen LogP contribution in [0.1, 0.15) is 90.6 Å². The Morgan fingerprint density at radius 1 is 1.00 bits per heavy atom. The van der Waals surface area contributed by atoms with Gasteiger partial charge in [0.1, 0.15) is 35.3 Å². The Labute approximate surface area is 375 Å². The molecule has 1 aromatic heterocycles. The van der Waals surface area contributed by atoms with Crippen LogP contribution in [-0.2, 0) is 49.3 Å². The van der Waals surface area contributed by atoms with E-state index >= 15 is 0 Å². The third-order valence-electron chi connectivity index (χ3n) is 13.2. The fourth-order valence-corrected chi connectivity index (χ4v) is 9.56. The van der Waals surface area contributed by atoms with Crippen molar-refractivity contribution < 1.29 is 57.9 Å². The molecule has 2 aromatic rings. The number of ketones is 1. The third-order valence-corrected chi connectivity index (χ3v) is 13.2. The number of aliphatic hydroxyl groups excluding tert-OH is 1. The number of cyclic esters (lactones) is 1. The number of esters is 1. The zero-order valence-electron chi connectivity index (χ0n) is 38.6. The molecule has 0 aliphatic carbocycles. The van der Waals surface area contributed by atoms with Gasteiger partial charge in [-0.15, -0.1) is 0 Å². The number of aromatic nitrogens is 1. The summed E-state index contributed by atoms with van der Waals surface area (Å²) in [5, 5.41) is 31.3. The predicted molar refractivity (Wildman–Crippen MR) is 236 cm³/mol. The van der Waals surface area contributed by atoms with E-state index in [4.69, 9.17) is 33.5 Å². The smallest absolute Gasteiger partial charge is 0.316 e. The van der Waals surface area contributed by atoms with Crippen molar-refractivity contribution in [3.63, 3.8) is 0 Å². The van der Waals surface area contributed by atoms with Gasteiger partial charge in [0.05, 0.1) is 37.1 Å². The first-order valence-corrected chi connectivity index (χ1v) is 22.3. The second kappa shape index (κ2) is 20.4. The first kappa shape index (κ1) is 49.0. The van der Waals surface area contributed by atoms with Gasteiger partial charge in [0.25, 0.3) is 11.8 Å². The lowest BCUT2D eigenvalue weighted by Crippen LogP contribution is -2.60. The predicted octanol–water partition coefficient (Wildman–Crippen LogP) is 4.17. The summed E-state index contributed by atoms with van der Waals surface area (Å²) < 4.78 is 32.4. The number of carbonyl (C=O) groups is 4. The molecule has 17 heteroatoms. The van der Waals surface area contributed by atoms with E-state index in [9.17, 15) is 29.4 Å². The highest BCUT2D eigenvalue weighted by molar-refractivity contribution is 6.04. The summed E-state index contributed by atoms with van der Waals surface area (Å²) in [6, 6.07) is 11.6. The molecule has 3 fully saturated rings. The number of nitrogens with zero attached hydrogens (tertiary/aromatic N) is 4. The average Bonchev–Trinajstić information content (AvgIpc) is 3.29. The zero-order valence-corrected chi connectivity index (χ0v) is 38.6. The van der Waals surface area contributed by atoms with Gasteiger partial charge in [-0.25, -0.2) is 9.98 Å². The highest BCUT2D eigenvalue weighted by Crippen LogP contribution is 2.40. The average molecular weight is 892 g/mol. The van der Waals surface area contributed by atoms with Crippen LogP contribution in [0.15, 0.2) is 58.8 Å². The monoisotopic (exact) mass is 891 g/mol. The molecule has 0 saturated carbocycles. The van der Waals surface area contributed by atoms with Crippen LogP contribution in [0, 0.1) is 23.7 Å². The van der Waals surface area contributed by atoms with Crippen molar-refractivity contribution in [1.82, 2.24) is 9.88 Å². The maximum atomic E-state index is 14.5. The Balaban J connectivity index is 1.43. The first-order chi connectivity index (χ1) is 30.2. The SMILES string of the molecule is CC[C@H]1OC(=O)[C@H](C)C(=O)[C@H](C)[C@@H](O[C@@H]2O[C@H](C)C[C@H](N(C)C)[C@H]2O)[C@@]2(C)C[C@@H](C)C3=NC(=O)C(Cc4ccc(C(=O)Nc5ccccn5)cc4)O/N=C(/CO[C@H]([C@H]3C)[C@]1(C)O)CO2. The Morgan fingerprint density at radius 3 is 2.38 bits per heavy atom. The molecule has 17 nitrogen and oxygen atoms in total. The van der Waals surface area contributed by atoms with E-state index in [0.29, 0.717) is 29.1 Å². The summed E-state index contributed by atoms with van der Waals surface area (Å²) in [4.78, 5) is 72.8. The van der Waals surface area contributed by atoms with E-state index in [1.807, 2.05) is 32.8 Å². The van der Waals surface area contributed by atoms with Crippen LogP contribution in [-0.4, -0.2) is 143 Å². The number of carbonyl (C=O) groups excluding carboxylic acids is 4. The van der Waals surface area contributed by atoms with Crippen LogP contribution in [0.2, 0.25) is 0 Å². The summed E-state index contributed by atoms with van der Waals surface area (Å²) >= 11 is 0. The maximum Gasteiger partial charge on any atom is 0.316 e. The molecule has 350 valence electrons. The van der Waals surface area contributed by atoms with Gasteiger partial charge in [-0.1, -0.05) is 51.0 Å². The van der Waals surface area contributed by atoms with Crippen molar-refractivity contribution in [2.75, 3.05) is 32.6 Å². The normalized spacial score (nSPS) is 37.5. The Hall–Kier alpha value is -4.49. The molecule has 4 aliphatic heterocycles. The topological polar surface area (TPSA) is 217 Å². The highest BCUT2D eigenvalue weighted by atomic mass is 16.7. The molecule has 3 saturated heterocycles. The number of benzene rings is 1. The van der Waals surface area contributed by atoms with E-state index < -0.39 is 89.3 Å². The number of amides is 2. The van der Waals surface area contributed by atoms with Crippen molar-refractivity contribution in [3.05, 3.63) is 59.8 Å². The fourth-order valence-electron chi connectivity index (χ4n) is 9.56. The summed E-state index contributed by atoms with van der Waals surface area (Å²) in [5.41, 5.74) is -1.68. The second-order valence-corrected chi connectivity index (χ2v) is 18.5. The molecular weight excluding hydrogens is 827 g/mol. The van der Waals surface area contributed by atoms with Crippen molar-refractivity contribution in [2.45, 2.75) is 141 Å². The number of aliphatic hydroxyl groups is 2. The van der Waals surface area contributed by atoms with Crippen LogP contribution in [0.25, 0.3) is 0 Å². The van der Waals surface area contributed by atoms with Crippen molar-refractivity contribution >= 4 is 40.8 Å². The number of aliphatic imine (C=N–C) groups is 1. The Kier molecular flexibility index (Phi) is 15.6. The number of rotatable bonds is 8. The number of hydrogen-bond acceptors (Lipinski definition) is 15. The minimum atomic E-state index is -1.87. The van der Waals surface area contributed by atoms with Crippen molar-refractivity contribution in [2.24, 2.45) is 33.8 Å². The molecule has 1 unspecified atom stereocenters. The number of pyridine rings is 1. The lowest BCUT2D eigenvalue weighted by atomic mass is 9.73. The molecule has 2 amide bonds. The summed E-state index contributed by atoms with van der Waals surface area (Å²) in [7, 11) is 3.72. The lowest BCUT2D eigenvalue weighted by Gasteiger charge is -2.47. The molecule has 14 atom stereocenters. The Bertz CT molecular complexity index is 2050. The molecular formula is C47H65N5O12. The largest absolute Gasteiger partial charge is 0.459 e. The molecule has 64 heavy (non-hydrogen) atoms. The van der Waals surface area contributed by atoms with Crippen LogP contribution >= 0.6 is 0 Å². The number of fused-ring (bicyclic) bond motifs is 4. The van der Waals surface area contributed by atoms with Gasteiger partial charge in [0.2, 0.25) is 6.10 Å². The van der Waals surface area contributed by atoms with Gasteiger partial charge in [-0.05, 0) is 96.8 Å². The molecule has 6 rings (SSSR count). The van der Waals surface area contributed by atoms with E-state index in [2.05, 4.69) is 15.5 Å². The first-order valence-electron chi connectivity index (χ1n) is 22.3. The molecule has 4 bridgehead atoms. The van der Waals surface area contributed by atoms with Crippen LogP contribution in [0.3, 0.4) is 0 Å². The number of oxime groups is 1. The number of hydrogen-bond donors (Lipinski definition) is 3. The number of Topliss-reactive ketones (excluding diaryl/α,β-unsaturated/α-hetero) is 1. The number of nitrogens with one attached hydrogen (secondary N) is 1. The van der Waals surface area contributed by atoms with Crippen molar-refractivity contribution in [3.8, 4) is 0 Å². The molecule has 1 aromatic carbocycles. The Morgan fingerprint density at radius 2 is 1.72 bits per heavy atom. The summed E-state index contributed by atoms with van der Waals surface area (Å²) in [5.74, 6) is -5.62. The molecule has 0 spiro atoms. The molecule has 0 radical (unpaired) electrons. The minimum Gasteiger partial charge on any atom is -0.459 e. The van der Waals surface area contributed by atoms with Gasteiger partial charge in [-0.2, -0.15) is 0 Å². The quantitative estimate of drug-likeness (QED) is 0.251. The highest BCUT2D eigenvalue weighted by Gasteiger charge is 2.53. The minimum absolute atomic E-state index is 0.0372. The second-order valence-electron chi connectivity index (χ2n) is 18.5.